The molecular weight excluding hydrogens is 336 g/mol. The van der Waals surface area contributed by atoms with E-state index in [0.717, 1.165) is 23.2 Å². The largest absolute Gasteiger partial charge is 0.414 e. The van der Waals surface area contributed by atoms with Crippen molar-refractivity contribution in [2.75, 3.05) is 0 Å². The second-order valence-electron chi connectivity index (χ2n) is 7.06. The first kappa shape index (κ1) is 18.7. The SMILES string of the molecule is CC1CC(N)=C(ON)C(/C=C/c2ccc(-c3ccccc3C#N)cn2)C1C. The van der Waals surface area contributed by atoms with Gasteiger partial charge in [0.25, 0.3) is 0 Å². The molecule has 1 aliphatic carbocycles. The van der Waals surface area contributed by atoms with Crippen LogP contribution < -0.4 is 11.6 Å². The number of nitriles is 1. The molecule has 5 nitrogen and oxygen atoms in total. The van der Waals surface area contributed by atoms with Crippen LogP contribution in [0.15, 0.2) is 60.1 Å². The molecule has 0 radical (unpaired) electrons. The summed E-state index contributed by atoms with van der Waals surface area (Å²) in [5.41, 5.74) is 10.1. The van der Waals surface area contributed by atoms with Gasteiger partial charge in [-0.15, -0.1) is 0 Å². The molecular formula is C22H24N4O. The molecule has 0 saturated heterocycles. The molecule has 0 fully saturated rings. The van der Waals surface area contributed by atoms with Crippen molar-refractivity contribution < 1.29 is 4.84 Å². The van der Waals surface area contributed by atoms with Gasteiger partial charge < -0.3 is 10.6 Å². The van der Waals surface area contributed by atoms with Crippen molar-refractivity contribution >= 4 is 6.08 Å². The number of aromatic nitrogens is 1. The van der Waals surface area contributed by atoms with Gasteiger partial charge >= 0.3 is 0 Å². The molecule has 3 atom stereocenters. The number of rotatable bonds is 4. The van der Waals surface area contributed by atoms with E-state index in [2.05, 4.69) is 31.0 Å². The Morgan fingerprint density at radius 2 is 2.00 bits per heavy atom. The minimum Gasteiger partial charge on any atom is -0.414 e. The maximum atomic E-state index is 9.26. The van der Waals surface area contributed by atoms with Gasteiger partial charge in [0.15, 0.2) is 0 Å². The summed E-state index contributed by atoms with van der Waals surface area (Å²) >= 11 is 0. The third kappa shape index (κ3) is 3.86. The second kappa shape index (κ2) is 8.07. The van der Waals surface area contributed by atoms with E-state index in [1.54, 1.807) is 12.3 Å². The lowest BCUT2D eigenvalue weighted by Gasteiger charge is -2.33. The van der Waals surface area contributed by atoms with Gasteiger partial charge in [0.05, 0.1) is 17.3 Å². The van der Waals surface area contributed by atoms with E-state index in [4.69, 9.17) is 16.5 Å². The monoisotopic (exact) mass is 360 g/mol. The molecule has 0 amide bonds. The molecule has 5 heteroatoms. The highest BCUT2D eigenvalue weighted by Gasteiger charge is 2.32. The van der Waals surface area contributed by atoms with Crippen LogP contribution in [0.2, 0.25) is 0 Å². The van der Waals surface area contributed by atoms with Gasteiger partial charge in [-0.2, -0.15) is 11.2 Å². The highest BCUT2D eigenvalue weighted by atomic mass is 16.6. The molecule has 1 heterocycles. The van der Waals surface area contributed by atoms with Gasteiger partial charge in [-0.05, 0) is 36.5 Å². The van der Waals surface area contributed by atoms with Crippen LogP contribution in [0, 0.1) is 29.1 Å². The van der Waals surface area contributed by atoms with E-state index in [-0.39, 0.29) is 5.92 Å². The average Bonchev–Trinajstić information content (AvgIpc) is 2.70. The average molecular weight is 360 g/mol. The minimum atomic E-state index is 0.0274. The highest BCUT2D eigenvalue weighted by molar-refractivity contribution is 5.70. The number of pyridine rings is 1. The molecule has 2 aromatic rings. The topological polar surface area (TPSA) is 98.0 Å². The second-order valence-corrected chi connectivity index (χ2v) is 7.06. The first-order valence-corrected chi connectivity index (χ1v) is 9.04. The van der Waals surface area contributed by atoms with E-state index >= 15 is 0 Å². The van der Waals surface area contributed by atoms with Crippen LogP contribution in [-0.4, -0.2) is 4.98 Å². The smallest absolute Gasteiger partial charge is 0.149 e. The Morgan fingerprint density at radius 1 is 1.22 bits per heavy atom. The van der Waals surface area contributed by atoms with E-state index < -0.39 is 0 Å². The van der Waals surface area contributed by atoms with Gasteiger partial charge in [-0.1, -0.05) is 44.2 Å². The van der Waals surface area contributed by atoms with Gasteiger partial charge in [-0.25, -0.2) is 0 Å². The lowest BCUT2D eigenvalue weighted by molar-refractivity contribution is 0.141. The predicted molar refractivity (Wildman–Crippen MR) is 106 cm³/mol. The number of hydrogen-bond acceptors (Lipinski definition) is 5. The maximum absolute atomic E-state index is 9.26. The lowest BCUT2D eigenvalue weighted by atomic mass is 9.75. The first-order chi connectivity index (χ1) is 13.0. The molecule has 4 N–H and O–H groups in total. The van der Waals surface area contributed by atoms with Crippen molar-refractivity contribution in [1.82, 2.24) is 4.98 Å². The van der Waals surface area contributed by atoms with Crippen molar-refractivity contribution in [3.8, 4) is 17.2 Å². The fraction of sp³-hybridized carbons (Fsp3) is 0.273. The number of benzene rings is 1. The molecule has 3 unspecified atom stereocenters. The predicted octanol–water partition coefficient (Wildman–Crippen LogP) is 3.99. The van der Waals surface area contributed by atoms with Crippen molar-refractivity contribution in [3.05, 3.63) is 71.4 Å². The zero-order chi connectivity index (χ0) is 19.4. The third-order valence-corrected chi connectivity index (χ3v) is 5.37. The maximum Gasteiger partial charge on any atom is 0.149 e. The quantitative estimate of drug-likeness (QED) is 0.804. The van der Waals surface area contributed by atoms with Crippen molar-refractivity contribution in [2.45, 2.75) is 20.3 Å². The Morgan fingerprint density at radius 3 is 2.67 bits per heavy atom. The van der Waals surface area contributed by atoms with E-state index in [1.165, 1.54) is 0 Å². The number of nitrogens with zero attached hydrogens (tertiary/aromatic N) is 2. The summed E-state index contributed by atoms with van der Waals surface area (Å²) in [6.07, 6.45) is 6.60. The van der Waals surface area contributed by atoms with E-state index in [1.807, 2.05) is 36.4 Å². The molecule has 0 spiro atoms. The van der Waals surface area contributed by atoms with E-state index in [9.17, 15) is 5.26 Å². The molecule has 27 heavy (non-hydrogen) atoms. The summed E-state index contributed by atoms with van der Waals surface area (Å²) in [6.45, 7) is 4.37. The van der Waals surface area contributed by atoms with Crippen LogP contribution in [0.1, 0.15) is 31.5 Å². The minimum absolute atomic E-state index is 0.0274. The normalized spacial score (nSPS) is 22.7. The van der Waals surface area contributed by atoms with Crippen LogP contribution in [0.5, 0.6) is 0 Å². The summed E-state index contributed by atoms with van der Waals surface area (Å²) in [6, 6.07) is 13.6. The molecule has 138 valence electrons. The van der Waals surface area contributed by atoms with Gasteiger partial charge in [0, 0.05) is 28.9 Å². The zero-order valence-corrected chi connectivity index (χ0v) is 15.6. The molecule has 0 aliphatic heterocycles. The van der Waals surface area contributed by atoms with Crippen LogP contribution >= 0.6 is 0 Å². The van der Waals surface area contributed by atoms with Crippen LogP contribution in [0.25, 0.3) is 17.2 Å². The van der Waals surface area contributed by atoms with Crippen molar-refractivity contribution in [1.29, 1.82) is 5.26 Å². The Balaban J connectivity index is 1.84. The first-order valence-electron chi connectivity index (χ1n) is 9.04. The molecule has 0 saturated carbocycles. The molecule has 1 aromatic carbocycles. The standard InChI is InChI=1S/C22H24N4O/c1-14-11-21(24)22(27-25)19(15(14)2)10-9-18-8-7-17(13-26-18)20-6-4-3-5-16(20)12-23/h3-10,13-15,19H,11,24-25H2,1-2H3/b10-9+. The summed E-state index contributed by atoms with van der Waals surface area (Å²) in [5.74, 6) is 6.96. The lowest BCUT2D eigenvalue weighted by Crippen LogP contribution is -2.30. The summed E-state index contributed by atoms with van der Waals surface area (Å²) in [7, 11) is 0. The zero-order valence-electron chi connectivity index (χ0n) is 15.6. The highest BCUT2D eigenvalue weighted by Crippen LogP contribution is 2.38. The molecule has 1 aromatic heterocycles. The number of allylic oxidation sites excluding steroid dienone is 2. The van der Waals surface area contributed by atoms with Gasteiger partial charge in [0.1, 0.15) is 5.76 Å². The molecule has 0 bridgehead atoms. The van der Waals surface area contributed by atoms with Crippen LogP contribution in [-0.2, 0) is 4.84 Å². The number of nitrogens with two attached hydrogens (primary N) is 2. The van der Waals surface area contributed by atoms with Crippen LogP contribution in [0.3, 0.4) is 0 Å². The van der Waals surface area contributed by atoms with Gasteiger partial charge in [0.2, 0.25) is 0 Å². The Labute approximate surface area is 159 Å². The van der Waals surface area contributed by atoms with Gasteiger partial charge in [-0.3, -0.25) is 4.98 Å². The van der Waals surface area contributed by atoms with Crippen LogP contribution in [0.4, 0.5) is 0 Å². The summed E-state index contributed by atoms with van der Waals surface area (Å²) in [4.78, 5) is 9.59. The van der Waals surface area contributed by atoms with Crippen molar-refractivity contribution in [2.24, 2.45) is 29.4 Å². The summed E-state index contributed by atoms with van der Waals surface area (Å²) < 4.78 is 0. The fourth-order valence-corrected chi connectivity index (χ4v) is 3.55. The number of hydrogen-bond donors (Lipinski definition) is 2. The Bertz CT molecular complexity index is 909. The third-order valence-electron chi connectivity index (χ3n) is 5.37. The van der Waals surface area contributed by atoms with E-state index in [0.29, 0.717) is 28.9 Å². The molecule has 1 aliphatic rings. The Kier molecular flexibility index (Phi) is 5.58. The Hall–Kier alpha value is -3.10. The molecule has 3 rings (SSSR count). The summed E-state index contributed by atoms with van der Waals surface area (Å²) in [5, 5.41) is 9.26. The van der Waals surface area contributed by atoms with Crippen molar-refractivity contribution in [3.63, 3.8) is 0 Å². The fourth-order valence-electron chi connectivity index (χ4n) is 3.55.